The topological polar surface area (TPSA) is 20.3 Å². The molecule has 0 aliphatic heterocycles. The summed E-state index contributed by atoms with van der Waals surface area (Å²) in [6.45, 7) is 4.41. The van der Waals surface area contributed by atoms with Crippen molar-refractivity contribution in [3.63, 3.8) is 0 Å². The van der Waals surface area contributed by atoms with Gasteiger partial charge in [0, 0.05) is 18.4 Å². The molecule has 2 aromatic rings. The van der Waals surface area contributed by atoms with Crippen LogP contribution in [-0.4, -0.2) is 30.8 Å². The second-order valence-electron chi connectivity index (χ2n) is 7.93. The summed E-state index contributed by atoms with van der Waals surface area (Å²) in [5.41, 5.74) is 2.61. The molecule has 0 bridgehead atoms. The Hall–Kier alpha value is -1.93. The third-order valence-electron chi connectivity index (χ3n) is 6.28. The molecule has 2 heteroatoms. The van der Waals surface area contributed by atoms with Crippen LogP contribution in [0.1, 0.15) is 49.7 Å². The highest BCUT2D eigenvalue weighted by atomic mass is 16.1. The van der Waals surface area contributed by atoms with Crippen molar-refractivity contribution >= 4 is 5.78 Å². The van der Waals surface area contributed by atoms with Gasteiger partial charge in [-0.05, 0) is 49.4 Å². The van der Waals surface area contributed by atoms with Crippen molar-refractivity contribution in [1.29, 1.82) is 0 Å². The summed E-state index contributed by atoms with van der Waals surface area (Å²) < 4.78 is 0. The Kier molecular flexibility index (Phi) is 5.93. The Balaban J connectivity index is 2.12. The number of Topliss-reactive ketones (excluding diaryl/α,β-unsaturated/α-hetero) is 1. The maximum absolute atomic E-state index is 13.0. The molecular weight excluding hydrogens is 318 g/mol. The molecule has 1 fully saturated rings. The molecule has 0 heterocycles. The molecule has 0 spiro atoms. The van der Waals surface area contributed by atoms with Gasteiger partial charge < -0.3 is 4.90 Å². The summed E-state index contributed by atoms with van der Waals surface area (Å²) in [5.74, 6) is 1.42. The van der Waals surface area contributed by atoms with Crippen molar-refractivity contribution in [3.8, 4) is 0 Å². The Morgan fingerprint density at radius 3 is 2.00 bits per heavy atom. The maximum atomic E-state index is 13.0. The summed E-state index contributed by atoms with van der Waals surface area (Å²) in [7, 11) is 4.36. The zero-order valence-corrected chi connectivity index (χ0v) is 16.4. The van der Waals surface area contributed by atoms with Crippen LogP contribution in [0, 0.1) is 11.8 Å². The van der Waals surface area contributed by atoms with E-state index < -0.39 is 0 Å². The van der Waals surface area contributed by atoms with Crippen molar-refractivity contribution in [1.82, 2.24) is 4.90 Å². The average Bonchev–Trinajstić information content (AvgIpc) is 2.66. The summed E-state index contributed by atoms with van der Waals surface area (Å²) >= 11 is 0. The number of carbonyl (C=O) groups is 1. The van der Waals surface area contributed by atoms with Gasteiger partial charge in [0.2, 0.25) is 0 Å². The lowest BCUT2D eigenvalue weighted by molar-refractivity contribution is -0.127. The largest absolute Gasteiger partial charge is 0.306 e. The minimum Gasteiger partial charge on any atom is -0.306 e. The normalized spacial score (nSPS) is 27.5. The molecule has 1 aliphatic carbocycles. The number of nitrogens with zero attached hydrogens (tertiary/aromatic N) is 1. The molecule has 0 aromatic heterocycles. The number of carbonyl (C=O) groups excluding carboxylic acids is 1. The minimum atomic E-state index is 0.0661. The van der Waals surface area contributed by atoms with Crippen molar-refractivity contribution in [2.75, 3.05) is 14.1 Å². The van der Waals surface area contributed by atoms with Crippen LogP contribution < -0.4 is 0 Å². The van der Waals surface area contributed by atoms with Crippen LogP contribution in [0.5, 0.6) is 0 Å². The van der Waals surface area contributed by atoms with E-state index in [1.807, 2.05) is 0 Å². The van der Waals surface area contributed by atoms with Gasteiger partial charge in [-0.2, -0.15) is 0 Å². The number of hydrogen-bond acceptors (Lipinski definition) is 2. The van der Waals surface area contributed by atoms with Crippen LogP contribution in [0.4, 0.5) is 0 Å². The molecule has 0 amide bonds. The second-order valence-corrected chi connectivity index (χ2v) is 7.93. The predicted octanol–water partition coefficient (Wildman–Crippen LogP) is 5.12. The quantitative estimate of drug-likeness (QED) is 0.747. The van der Waals surface area contributed by atoms with E-state index in [1.54, 1.807) is 0 Å². The van der Waals surface area contributed by atoms with Gasteiger partial charge in [-0.15, -0.1) is 0 Å². The standard InChI is InChI=1S/C24H31NO/c1-5-21(25(3)4)24-20(18-12-8-6-9-13-18)16-22(26)17(2)23(24)19-14-10-7-11-15-19/h6-15,17,20-21,23-24H,5,16H2,1-4H3. The summed E-state index contributed by atoms with van der Waals surface area (Å²) in [4.78, 5) is 15.3. The van der Waals surface area contributed by atoms with Crippen LogP contribution >= 0.6 is 0 Å². The van der Waals surface area contributed by atoms with Crippen molar-refractivity contribution in [3.05, 3.63) is 71.8 Å². The first-order valence-electron chi connectivity index (χ1n) is 9.83. The fourth-order valence-electron chi connectivity index (χ4n) is 5.04. The van der Waals surface area contributed by atoms with E-state index in [1.165, 1.54) is 11.1 Å². The van der Waals surface area contributed by atoms with Crippen LogP contribution in [0.3, 0.4) is 0 Å². The van der Waals surface area contributed by atoms with Crippen LogP contribution in [-0.2, 0) is 4.79 Å². The molecule has 5 unspecified atom stereocenters. The molecule has 0 N–H and O–H groups in total. The molecule has 0 radical (unpaired) electrons. The zero-order valence-electron chi connectivity index (χ0n) is 16.4. The van der Waals surface area contributed by atoms with Crippen molar-refractivity contribution < 1.29 is 4.79 Å². The summed E-state index contributed by atoms with van der Waals surface area (Å²) in [6, 6.07) is 21.8. The highest BCUT2D eigenvalue weighted by molar-refractivity contribution is 5.84. The summed E-state index contributed by atoms with van der Waals surface area (Å²) in [6.07, 6.45) is 1.74. The highest BCUT2D eigenvalue weighted by Crippen LogP contribution is 2.50. The monoisotopic (exact) mass is 349 g/mol. The Morgan fingerprint density at radius 2 is 1.50 bits per heavy atom. The maximum Gasteiger partial charge on any atom is 0.136 e. The Labute approximate surface area is 158 Å². The third-order valence-corrected chi connectivity index (χ3v) is 6.28. The van der Waals surface area contributed by atoms with E-state index in [-0.39, 0.29) is 17.8 Å². The molecule has 26 heavy (non-hydrogen) atoms. The average molecular weight is 350 g/mol. The fraction of sp³-hybridized carbons (Fsp3) is 0.458. The Bertz CT molecular complexity index is 710. The van der Waals surface area contributed by atoms with Gasteiger partial charge in [0.1, 0.15) is 5.78 Å². The summed E-state index contributed by atoms with van der Waals surface area (Å²) in [5, 5.41) is 0. The molecular formula is C24H31NO. The van der Waals surface area contributed by atoms with E-state index in [4.69, 9.17) is 0 Å². The van der Waals surface area contributed by atoms with Gasteiger partial charge in [-0.25, -0.2) is 0 Å². The van der Waals surface area contributed by atoms with Gasteiger partial charge >= 0.3 is 0 Å². The van der Waals surface area contributed by atoms with E-state index in [0.717, 1.165) is 6.42 Å². The van der Waals surface area contributed by atoms with E-state index in [9.17, 15) is 4.79 Å². The zero-order chi connectivity index (χ0) is 18.7. The lowest BCUT2D eigenvalue weighted by Gasteiger charge is -2.47. The van der Waals surface area contributed by atoms with Crippen molar-refractivity contribution in [2.45, 2.75) is 44.6 Å². The van der Waals surface area contributed by atoms with Crippen LogP contribution in [0.2, 0.25) is 0 Å². The fourth-order valence-corrected chi connectivity index (χ4v) is 5.04. The van der Waals surface area contributed by atoms with Gasteiger partial charge in [0.05, 0.1) is 0 Å². The van der Waals surface area contributed by atoms with E-state index >= 15 is 0 Å². The minimum absolute atomic E-state index is 0.0661. The Morgan fingerprint density at radius 1 is 0.962 bits per heavy atom. The molecule has 3 rings (SSSR count). The van der Waals surface area contributed by atoms with Crippen molar-refractivity contribution in [2.24, 2.45) is 11.8 Å². The second kappa shape index (κ2) is 8.18. The first kappa shape index (κ1) is 18.8. The van der Waals surface area contributed by atoms with E-state index in [0.29, 0.717) is 24.2 Å². The molecule has 2 aromatic carbocycles. The lowest BCUT2D eigenvalue weighted by atomic mass is 9.59. The first-order chi connectivity index (χ1) is 12.5. The molecule has 1 aliphatic rings. The molecule has 1 saturated carbocycles. The SMILES string of the molecule is CCC(C1C(c2ccccc2)CC(=O)C(C)C1c1ccccc1)N(C)C. The van der Waals surface area contributed by atoms with Gasteiger partial charge in [-0.3, -0.25) is 4.79 Å². The molecule has 0 saturated heterocycles. The highest BCUT2D eigenvalue weighted by Gasteiger charge is 2.46. The number of hydrogen-bond donors (Lipinski definition) is 0. The molecule has 5 atom stereocenters. The van der Waals surface area contributed by atoms with Gasteiger partial charge in [0.15, 0.2) is 0 Å². The predicted molar refractivity (Wildman–Crippen MR) is 108 cm³/mol. The number of ketones is 1. The molecule has 2 nitrogen and oxygen atoms in total. The lowest BCUT2D eigenvalue weighted by Crippen LogP contribution is -2.47. The van der Waals surface area contributed by atoms with E-state index in [2.05, 4.69) is 93.5 Å². The van der Waals surface area contributed by atoms with Crippen LogP contribution in [0.15, 0.2) is 60.7 Å². The van der Waals surface area contributed by atoms with Gasteiger partial charge in [0.25, 0.3) is 0 Å². The number of benzene rings is 2. The smallest absolute Gasteiger partial charge is 0.136 e. The van der Waals surface area contributed by atoms with Crippen LogP contribution in [0.25, 0.3) is 0 Å². The molecule has 138 valence electrons. The number of rotatable bonds is 5. The van der Waals surface area contributed by atoms with Gasteiger partial charge in [-0.1, -0.05) is 74.5 Å². The first-order valence-corrected chi connectivity index (χ1v) is 9.83. The third kappa shape index (κ3) is 3.61.